The van der Waals surface area contributed by atoms with Gasteiger partial charge in [-0.05, 0) is 67.9 Å². The average molecular weight is 635 g/mol. The summed E-state index contributed by atoms with van der Waals surface area (Å²) in [5, 5.41) is 19.2. The van der Waals surface area contributed by atoms with Crippen LogP contribution in [0.4, 0.5) is 0 Å². The van der Waals surface area contributed by atoms with Gasteiger partial charge in [0, 0.05) is 74.1 Å². The van der Waals surface area contributed by atoms with Crippen molar-refractivity contribution >= 4 is 36.4 Å². The molecule has 3 N–H and O–H groups in total. The van der Waals surface area contributed by atoms with E-state index in [0.717, 1.165) is 35.8 Å². The Morgan fingerprint density at radius 1 is 0.891 bits per heavy atom. The Bertz CT molecular complexity index is 1320. The van der Waals surface area contributed by atoms with Crippen LogP contribution in [0.2, 0.25) is 0 Å². The summed E-state index contributed by atoms with van der Waals surface area (Å²) in [5.41, 5.74) is 2.72. The zero-order valence-corrected chi connectivity index (χ0v) is 28.0. The van der Waals surface area contributed by atoms with Gasteiger partial charge in [0.1, 0.15) is 17.3 Å². The summed E-state index contributed by atoms with van der Waals surface area (Å²) in [5.74, 6) is 1.99. The lowest BCUT2D eigenvalue weighted by atomic mass is 10.1. The fourth-order valence-corrected chi connectivity index (χ4v) is 4.66. The van der Waals surface area contributed by atoms with Crippen molar-refractivity contribution in [3.05, 3.63) is 73.0 Å². The van der Waals surface area contributed by atoms with E-state index < -0.39 is 0 Å². The van der Waals surface area contributed by atoms with E-state index in [1.807, 2.05) is 69.8 Å². The minimum atomic E-state index is -0.0104. The van der Waals surface area contributed by atoms with Gasteiger partial charge in [0.05, 0.1) is 11.4 Å². The van der Waals surface area contributed by atoms with Crippen LogP contribution < -0.4 is 10.6 Å². The average Bonchev–Trinajstić information content (AvgIpc) is 3.43. The Morgan fingerprint density at radius 2 is 1.54 bits per heavy atom. The third kappa shape index (κ3) is 10.7. The Kier molecular flexibility index (Phi) is 15.6. The first kappa shape index (κ1) is 39.3. The molecule has 5 aliphatic heterocycles. The number of hydrazone groups is 1. The molecule has 0 aromatic heterocycles. The first-order chi connectivity index (χ1) is 21.2. The lowest BCUT2D eigenvalue weighted by Gasteiger charge is -2.35. The third-order valence-corrected chi connectivity index (χ3v) is 6.76. The monoisotopic (exact) mass is 634 g/mol. The number of allylic oxidation sites excluding steroid dienone is 2. The van der Waals surface area contributed by atoms with Crippen molar-refractivity contribution < 1.29 is 9.59 Å². The molecule has 5 aliphatic rings. The summed E-state index contributed by atoms with van der Waals surface area (Å²) < 4.78 is 0. The van der Waals surface area contributed by atoms with Crippen molar-refractivity contribution in [3.8, 4) is 0 Å². The number of carbonyl (C=O) groups excluding carboxylic acids is 2. The molecule has 252 valence electrons. The molecular formula is C34H54N10O2. The van der Waals surface area contributed by atoms with Crippen LogP contribution in [0.15, 0.2) is 88.1 Å². The fourth-order valence-electron chi connectivity index (χ4n) is 4.66. The number of hydrogen-bond donors (Lipinski definition) is 3. The van der Waals surface area contributed by atoms with E-state index in [2.05, 4.69) is 59.3 Å². The minimum Gasteiger partial charge on any atom is -0.348 e. The maximum absolute atomic E-state index is 11.2. The molecule has 0 saturated carbocycles. The highest BCUT2D eigenvalue weighted by Gasteiger charge is 2.29. The van der Waals surface area contributed by atoms with E-state index in [-0.39, 0.29) is 37.4 Å². The van der Waals surface area contributed by atoms with Crippen LogP contribution in [0.3, 0.4) is 0 Å². The van der Waals surface area contributed by atoms with Gasteiger partial charge in [0.25, 0.3) is 5.91 Å². The molecule has 5 rings (SSSR count). The molecule has 0 aromatic carbocycles. The normalized spacial score (nSPS) is 18.3. The van der Waals surface area contributed by atoms with Gasteiger partial charge in [-0.1, -0.05) is 27.2 Å². The molecule has 12 nitrogen and oxygen atoms in total. The predicted molar refractivity (Wildman–Crippen MR) is 191 cm³/mol. The van der Waals surface area contributed by atoms with Crippen molar-refractivity contribution in [1.82, 2.24) is 30.3 Å². The SMILES string of the molecule is C.C=C1C2=C(CC=N2)NC(=N)N1C(C)C.C=C1N=CC=CN1C(C)C.C=C1NC=CC(=O)N1C(C)C.CC(C)N1N=CCCC1=O. The highest BCUT2D eigenvalue weighted by molar-refractivity contribution is 5.90. The summed E-state index contributed by atoms with van der Waals surface area (Å²) in [6.07, 6.45) is 14.6. The molecule has 0 aliphatic carbocycles. The molecule has 2 amide bonds. The number of amides is 2. The molecule has 5 heterocycles. The van der Waals surface area contributed by atoms with Crippen LogP contribution in [0, 0.1) is 5.41 Å². The van der Waals surface area contributed by atoms with Crippen LogP contribution in [-0.2, 0) is 9.59 Å². The number of nitrogens with one attached hydrogen (secondary N) is 3. The Labute approximate surface area is 275 Å². The molecule has 46 heavy (non-hydrogen) atoms. The van der Waals surface area contributed by atoms with E-state index in [1.165, 1.54) is 11.1 Å². The highest BCUT2D eigenvalue weighted by Crippen LogP contribution is 2.28. The number of rotatable bonds is 4. The van der Waals surface area contributed by atoms with Crippen molar-refractivity contribution in [1.29, 1.82) is 5.41 Å². The van der Waals surface area contributed by atoms with Gasteiger partial charge < -0.3 is 20.4 Å². The lowest BCUT2D eigenvalue weighted by molar-refractivity contribution is -0.133. The van der Waals surface area contributed by atoms with Gasteiger partial charge in [-0.3, -0.25) is 24.9 Å². The van der Waals surface area contributed by atoms with E-state index in [0.29, 0.717) is 24.2 Å². The Morgan fingerprint density at radius 3 is 2.00 bits per heavy atom. The van der Waals surface area contributed by atoms with Crippen LogP contribution in [-0.4, -0.2) is 80.3 Å². The largest absolute Gasteiger partial charge is 0.348 e. The Hall–Kier alpha value is -4.74. The number of hydrogen-bond acceptors (Lipinski definition) is 8. The predicted octanol–water partition coefficient (Wildman–Crippen LogP) is 5.65. The van der Waals surface area contributed by atoms with Gasteiger partial charge >= 0.3 is 0 Å². The zero-order chi connectivity index (χ0) is 33.8. The minimum absolute atomic E-state index is 0. The second-order valence-corrected chi connectivity index (χ2v) is 11.7. The smallest absolute Gasteiger partial charge is 0.253 e. The first-order valence-corrected chi connectivity index (χ1v) is 15.2. The lowest BCUT2D eigenvalue weighted by Crippen LogP contribution is -2.46. The quantitative estimate of drug-likeness (QED) is 0.366. The molecule has 0 saturated heterocycles. The maximum Gasteiger partial charge on any atom is 0.253 e. The van der Waals surface area contributed by atoms with Crippen LogP contribution in [0.5, 0.6) is 0 Å². The Balaban J connectivity index is 0.000000308. The van der Waals surface area contributed by atoms with Crippen LogP contribution in [0.25, 0.3) is 0 Å². The van der Waals surface area contributed by atoms with Crippen molar-refractivity contribution in [2.45, 2.75) is 106 Å². The van der Waals surface area contributed by atoms with Crippen LogP contribution in [0.1, 0.15) is 82.1 Å². The number of guanidine groups is 1. The molecule has 0 spiro atoms. The standard InChI is InChI=1S/C10H14N4.C8H12N2O.C8H12N2.C7H12N2O.CH4/c1-6(2)14-7(3)9-8(4-5-12-9)13-10(14)11;1-6(2)10-7(3)9-5-4-8(10)11;1-7(2)10-6-4-5-9-8(10)3;1-6(2)9-7(10)4-3-5-8-9;/h5-6H,3-4H2,1-2H3,(H2,11,13);4-6,9H,3H2,1-2H3;4-7H,3H2,1-2H3;5-6H,3-4H2,1-2H3;1H4. The molecular weight excluding hydrogens is 580 g/mol. The van der Waals surface area contributed by atoms with Crippen LogP contribution >= 0.6 is 0 Å². The van der Waals surface area contributed by atoms with Gasteiger partial charge in [0.2, 0.25) is 5.91 Å². The topological polar surface area (TPSA) is 132 Å². The molecule has 0 atom stereocenters. The number of nitrogens with zero attached hydrogens (tertiary/aromatic N) is 7. The maximum atomic E-state index is 11.2. The van der Waals surface area contributed by atoms with E-state index in [9.17, 15) is 9.59 Å². The first-order valence-electron chi connectivity index (χ1n) is 15.2. The van der Waals surface area contributed by atoms with E-state index >= 15 is 0 Å². The fraction of sp³-hybridized carbons (Fsp3) is 0.471. The third-order valence-electron chi connectivity index (χ3n) is 6.76. The van der Waals surface area contributed by atoms with E-state index in [1.54, 1.807) is 23.5 Å². The number of aliphatic imine (C=N–C) groups is 2. The second-order valence-electron chi connectivity index (χ2n) is 11.7. The molecule has 0 bridgehead atoms. The molecule has 0 aromatic rings. The number of carbonyl (C=O) groups is 2. The summed E-state index contributed by atoms with van der Waals surface area (Å²) >= 11 is 0. The highest BCUT2D eigenvalue weighted by atomic mass is 16.2. The van der Waals surface area contributed by atoms with Gasteiger partial charge in [-0.15, -0.1) is 0 Å². The molecule has 0 radical (unpaired) electrons. The van der Waals surface area contributed by atoms with Crippen molar-refractivity contribution in [2.75, 3.05) is 0 Å². The van der Waals surface area contributed by atoms with E-state index in [4.69, 9.17) is 5.41 Å². The van der Waals surface area contributed by atoms with Gasteiger partial charge in [-0.2, -0.15) is 5.10 Å². The summed E-state index contributed by atoms with van der Waals surface area (Å²) in [6.45, 7) is 27.6. The summed E-state index contributed by atoms with van der Waals surface area (Å²) in [6, 6.07) is 1.03. The van der Waals surface area contributed by atoms with Crippen molar-refractivity contribution in [3.63, 3.8) is 0 Å². The van der Waals surface area contributed by atoms with Gasteiger partial charge in [0.15, 0.2) is 5.96 Å². The second kappa shape index (κ2) is 18.3. The van der Waals surface area contributed by atoms with Crippen molar-refractivity contribution in [2.24, 2.45) is 15.1 Å². The molecule has 12 heteroatoms. The molecule has 0 unspecified atom stereocenters. The zero-order valence-electron chi connectivity index (χ0n) is 28.0. The summed E-state index contributed by atoms with van der Waals surface area (Å²) in [7, 11) is 0. The summed E-state index contributed by atoms with van der Waals surface area (Å²) in [4.78, 5) is 36.0. The molecule has 0 fully saturated rings. The van der Waals surface area contributed by atoms with Gasteiger partial charge in [-0.25, -0.2) is 10.0 Å².